The Morgan fingerprint density at radius 1 is 1.46 bits per heavy atom. The number of rotatable bonds is 4. The molecule has 0 amide bonds. The first-order valence-electron chi connectivity index (χ1n) is 4.62. The van der Waals surface area contributed by atoms with Gasteiger partial charge in [-0.15, -0.1) is 11.8 Å². The summed E-state index contributed by atoms with van der Waals surface area (Å²) in [5.41, 5.74) is 6.88. The largest absolute Gasteiger partial charge is 0.330 e. The molecule has 1 aromatic rings. The third-order valence-electron chi connectivity index (χ3n) is 1.93. The summed E-state index contributed by atoms with van der Waals surface area (Å²) in [6.07, 6.45) is 0. The van der Waals surface area contributed by atoms with E-state index in [0.717, 1.165) is 12.3 Å². The number of benzene rings is 1. The molecule has 72 valence electrons. The number of thioether (sulfide) groups is 1. The minimum atomic E-state index is 0.602. The van der Waals surface area contributed by atoms with Crippen LogP contribution in [0.25, 0.3) is 0 Å². The number of hydrogen-bond acceptors (Lipinski definition) is 2. The van der Waals surface area contributed by atoms with E-state index in [1.54, 1.807) is 0 Å². The van der Waals surface area contributed by atoms with Gasteiger partial charge in [-0.3, -0.25) is 0 Å². The third-order valence-corrected chi connectivity index (χ3v) is 3.25. The quantitative estimate of drug-likeness (QED) is 0.748. The Morgan fingerprint density at radius 3 is 2.85 bits per heavy atom. The molecule has 2 N–H and O–H groups in total. The van der Waals surface area contributed by atoms with Gasteiger partial charge in [0.1, 0.15) is 0 Å². The second kappa shape index (κ2) is 5.30. The molecule has 1 nitrogen and oxygen atoms in total. The summed E-state index contributed by atoms with van der Waals surface area (Å²) >= 11 is 1.89. The first-order valence-corrected chi connectivity index (χ1v) is 5.60. The maximum absolute atomic E-state index is 5.55. The zero-order valence-electron chi connectivity index (χ0n) is 8.29. The van der Waals surface area contributed by atoms with Crippen LogP contribution in [0.4, 0.5) is 0 Å². The molecule has 0 aromatic heterocycles. The maximum Gasteiger partial charge on any atom is 0.00746 e. The minimum Gasteiger partial charge on any atom is -0.330 e. The minimum absolute atomic E-state index is 0.602. The molecule has 0 fully saturated rings. The van der Waals surface area contributed by atoms with Gasteiger partial charge in [0.05, 0.1) is 0 Å². The first-order chi connectivity index (χ1) is 6.22. The van der Waals surface area contributed by atoms with Crippen molar-refractivity contribution in [1.82, 2.24) is 0 Å². The molecule has 0 saturated heterocycles. The molecular weight excluding hydrogens is 178 g/mol. The topological polar surface area (TPSA) is 26.0 Å². The van der Waals surface area contributed by atoms with Crippen molar-refractivity contribution in [3.8, 4) is 0 Å². The van der Waals surface area contributed by atoms with E-state index in [-0.39, 0.29) is 0 Å². The number of hydrogen-bond donors (Lipinski definition) is 1. The molecule has 0 aliphatic heterocycles. The summed E-state index contributed by atoms with van der Waals surface area (Å²) in [4.78, 5) is 1.35. The summed E-state index contributed by atoms with van der Waals surface area (Å²) in [5, 5.41) is 0. The Kier molecular flexibility index (Phi) is 4.33. The fraction of sp³-hybridized carbons (Fsp3) is 0.455. The molecule has 13 heavy (non-hydrogen) atoms. The van der Waals surface area contributed by atoms with E-state index in [1.165, 1.54) is 10.5 Å². The van der Waals surface area contributed by atoms with Crippen molar-refractivity contribution in [2.24, 2.45) is 11.7 Å². The summed E-state index contributed by atoms with van der Waals surface area (Å²) in [6.45, 7) is 5.08. The summed E-state index contributed by atoms with van der Waals surface area (Å²) in [7, 11) is 0. The Hall–Kier alpha value is -0.470. The van der Waals surface area contributed by atoms with Crippen LogP contribution in [0.1, 0.15) is 12.5 Å². The van der Waals surface area contributed by atoms with Crippen molar-refractivity contribution >= 4 is 11.8 Å². The van der Waals surface area contributed by atoms with E-state index < -0.39 is 0 Å². The van der Waals surface area contributed by atoms with Crippen LogP contribution in [0.3, 0.4) is 0 Å². The lowest BCUT2D eigenvalue weighted by atomic mass is 10.2. The van der Waals surface area contributed by atoms with Gasteiger partial charge in [-0.1, -0.05) is 24.6 Å². The maximum atomic E-state index is 5.55. The van der Waals surface area contributed by atoms with Gasteiger partial charge in [-0.05, 0) is 31.5 Å². The Balaban J connectivity index is 2.45. The highest BCUT2D eigenvalue weighted by molar-refractivity contribution is 7.99. The van der Waals surface area contributed by atoms with E-state index >= 15 is 0 Å². The van der Waals surface area contributed by atoms with Gasteiger partial charge in [0, 0.05) is 10.6 Å². The van der Waals surface area contributed by atoms with Crippen LogP contribution < -0.4 is 5.73 Å². The van der Waals surface area contributed by atoms with Crippen LogP contribution in [0, 0.1) is 12.8 Å². The van der Waals surface area contributed by atoms with E-state index in [9.17, 15) is 0 Å². The Morgan fingerprint density at radius 2 is 2.23 bits per heavy atom. The van der Waals surface area contributed by atoms with E-state index in [2.05, 4.69) is 38.1 Å². The van der Waals surface area contributed by atoms with Crippen molar-refractivity contribution in [2.75, 3.05) is 12.3 Å². The average Bonchev–Trinajstić information content (AvgIpc) is 2.14. The zero-order valence-corrected chi connectivity index (χ0v) is 9.10. The highest BCUT2D eigenvalue weighted by Crippen LogP contribution is 2.20. The molecule has 1 rings (SSSR count). The zero-order chi connectivity index (χ0) is 9.68. The van der Waals surface area contributed by atoms with Gasteiger partial charge in [0.2, 0.25) is 0 Å². The lowest BCUT2D eigenvalue weighted by Gasteiger charge is -2.07. The van der Waals surface area contributed by atoms with E-state index in [1.807, 2.05) is 11.8 Å². The van der Waals surface area contributed by atoms with Crippen LogP contribution in [0.2, 0.25) is 0 Å². The van der Waals surface area contributed by atoms with Crippen LogP contribution in [0.5, 0.6) is 0 Å². The lowest BCUT2D eigenvalue weighted by Crippen LogP contribution is -2.12. The molecule has 1 aromatic carbocycles. The Bertz CT molecular complexity index is 260. The van der Waals surface area contributed by atoms with Crippen LogP contribution in [0.15, 0.2) is 29.2 Å². The van der Waals surface area contributed by atoms with Crippen molar-refractivity contribution < 1.29 is 0 Å². The van der Waals surface area contributed by atoms with Crippen LogP contribution >= 0.6 is 11.8 Å². The van der Waals surface area contributed by atoms with Crippen LogP contribution in [-0.2, 0) is 0 Å². The molecule has 0 bridgehead atoms. The summed E-state index contributed by atoms with van der Waals surface area (Å²) in [5.74, 6) is 1.71. The number of nitrogens with two attached hydrogens (primary N) is 1. The molecule has 0 aliphatic rings. The third kappa shape index (κ3) is 3.83. The van der Waals surface area contributed by atoms with Crippen molar-refractivity contribution in [3.63, 3.8) is 0 Å². The molecule has 0 saturated carbocycles. The van der Waals surface area contributed by atoms with Gasteiger partial charge in [0.15, 0.2) is 0 Å². The van der Waals surface area contributed by atoms with E-state index in [4.69, 9.17) is 5.73 Å². The SMILES string of the molecule is Cc1cccc(SCC(C)CN)c1. The molecule has 0 spiro atoms. The van der Waals surface area contributed by atoms with Gasteiger partial charge < -0.3 is 5.73 Å². The predicted octanol–water partition coefficient (Wildman–Crippen LogP) is 2.68. The second-order valence-corrected chi connectivity index (χ2v) is 4.56. The van der Waals surface area contributed by atoms with Gasteiger partial charge in [-0.2, -0.15) is 0 Å². The van der Waals surface area contributed by atoms with Gasteiger partial charge in [-0.25, -0.2) is 0 Å². The monoisotopic (exact) mass is 195 g/mol. The lowest BCUT2D eigenvalue weighted by molar-refractivity contribution is 0.675. The van der Waals surface area contributed by atoms with E-state index in [0.29, 0.717) is 5.92 Å². The normalized spacial score (nSPS) is 12.8. The van der Waals surface area contributed by atoms with Gasteiger partial charge >= 0.3 is 0 Å². The molecule has 1 unspecified atom stereocenters. The molecule has 0 heterocycles. The summed E-state index contributed by atoms with van der Waals surface area (Å²) in [6, 6.07) is 8.59. The molecule has 1 atom stereocenters. The molecular formula is C11H17NS. The van der Waals surface area contributed by atoms with Crippen molar-refractivity contribution in [3.05, 3.63) is 29.8 Å². The first kappa shape index (κ1) is 10.6. The standard InChI is InChI=1S/C11H17NS/c1-9-4-3-5-11(6-9)13-8-10(2)7-12/h3-6,10H,7-8,12H2,1-2H3. The smallest absolute Gasteiger partial charge is 0.00746 e. The molecule has 0 radical (unpaired) electrons. The molecule has 0 aliphatic carbocycles. The fourth-order valence-corrected chi connectivity index (χ4v) is 2.07. The highest BCUT2D eigenvalue weighted by atomic mass is 32.2. The van der Waals surface area contributed by atoms with Gasteiger partial charge in [0.25, 0.3) is 0 Å². The van der Waals surface area contributed by atoms with Crippen molar-refractivity contribution in [2.45, 2.75) is 18.7 Å². The summed E-state index contributed by atoms with van der Waals surface area (Å²) < 4.78 is 0. The second-order valence-electron chi connectivity index (χ2n) is 3.47. The van der Waals surface area contributed by atoms with Crippen LogP contribution in [-0.4, -0.2) is 12.3 Å². The number of aryl methyl sites for hydroxylation is 1. The Labute approximate surface area is 84.7 Å². The average molecular weight is 195 g/mol. The fourth-order valence-electron chi connectivity index (χ4n) is 1.01. The van der Waals surface area contributed by atoms with Crippen molar-refractivity contribution in [1.29, 1.82) is 0 Å². The predicted molar refractivity (Wildman–Crippen MR) is 60.1 cm³/mol. The highest BCUT2D eigenvalue weighted by Gasteiger charge is 2.00. The molecule has 2 heteroatoms.